The smallest absolute Gasteiger partial charge is 0.220 e. The van der Waals surface area contributed by atoms with Crippen LogP contribution in [0.3, 0.4) is 0 Å². The molecule has 0 aliphatic carbocycles. The number of carbonyl (C=O) groups excluding carboxylic acids is 1. The van der Waals surface area contributed by atoms with Crippen molar-refractivity contribution in [3.8, 4) is 0 Å². The van der Waals surface area contributed by atoms with Crippen molar-refractivity contribution in [2.45, 2.75) is 26.7 Å². The van der Waals surface area contributed by atoms with Crippen LogP contribution in [0, 0.1) is 5.92 Å². The highest BCUT2D eigenvalue weighted by atomic mass is 16.1. The summed E-state index contributed by atoms with van der Waals surface area (Å²) in [5.41, 5.74) is 5.22. The lowest BCUT2D eigenvalue weighted by Crippen LogP contribution is -2.28. The molecule has 0 aliphatic heterocycles. The van der Waals surface area contributed by atoms with Crippen LogP contribution < -0.4 is 5.73 Å². The van der Waals surface area contributed by atoms with Gasteiger partial charge in [0.25, 0.3) is 0 Å². The molecule has 1 amide bonds. The molecule has 0 rings (SSSR count). The monoisotopic (exact) mass is 172 g/mol. The Morgan fingerprint density at radius 1 is 1.50 bits per heavy atom. The fraction of sp³-hybridized carbons (Fsp3) is 0.889. The zero-order valence-corrected chi connectivity index (χ0v) is 8.34. The van der Waals surface area contributed by atoms with E-state index in [1.54, 1.807) is 0 Å². The summed E-state index contributed by atoms with van der Waals surface area (Å²) in [5.74, 6) is -0.110. The molecule has 0 radical (unpaired) electrons. The summed E-state index contributed by atoms with van der Waals surface area (Å²) < 4.78 is 0. The van der Waals surface area contributed by atoms with E-state index in [0.29, 0.717) is 0 Å². The minimum atomic E-state index is -0.165. The second-order valence-corrected chi connectivity index (χ2v) is 3.19. The fourth-order valence-corrected chi connectivity index (χ4v) is 1.08. The van der Waals surface area contributed by atoms with Gasteiger partial charge in [0.15, 0.2) is 0 Å². The minimum Gasteiger partial charge on any atom is -0.369 e. The summed E-state index contributed by atoms with van der Waals surface area (Å²) in [4.78, 5) is 13.0. The molecule has 0 aromatic heterocycles. The van der Waals surface area contributed by atoms with E-state index in [9.17, 15) is 4.79 Å². The molecule has 0 heterocycles. The van der Waals surface area contributed by atoms with Gasteiger partial charge in [-0.25, -0.2) is 0 Å². The van der Waals surface area contributed by atoms with Crippen molar-refractivity contribution in [3.05, 3.63) is 0 Å². The molecule has 0 bridgehead atoms. The van der Waals surface area contributed by atoms with Gasteiger partial charge in [-0.05, 0) is 33.0 Å². The lowest BCUT2D eigenvalue weighted by atomic mass is 10.0. The number of primary amides is 1. The third kappa shape index (κ3) is 4.34. The maximum atomic E-state index is 10.8. The summed E-state index contributed by atoms with van der Waals surface area (Å²) >= 11 is 0. The maximum Gasteiger partial charge on any atom is 0.220 e. The van der Waals surface area contributed by atoms with Gasteiger partial charge >= 0.3 is 0 Å². The highest BCUT2D eigenvalue weighted by molar-refractivity contribution is 5.76. The van der Waals surface area contributed by atoms with Crippen molar-refractivity contribution < 1.29 is 4.79 Å². The van der Waals surface area contributed by atoms with Gasteiger partial charge in [-0.15, -0.1) is 0 Å². The van der Waals surface area contributed by atoms with Crippen molar-refractivity contribution in [2.24, 2.45) is 11.7 Å². The SMILES string of the molecule is CCC(CCN(C)CC)C(N)=O. The van der Waals surface area contributed by atoms with Crippen LogP contribution >= 0.6 is 0 Å². The zero-order chi connectivity index (χ0) is 9.56. The highest BCUT2D eigenvalue weighted by Gasteiger charge is 2.12. The van der Waals surface area contributed by atoms with Gasteiger partial charge in [-0.3, -0.25) is 4.79 Å². The van der Waals surface area contributed by atoms with Gasteiger partial charge in [0.2, 0.25) is 5.91 Å². The zero-order valence-electron chi connectivity index (χ0n) is 8.34. The standard InChI is InChI=1S/C9H20N2O/c1-4-8(9(10)12)6-7-11(3)5-2/h8H,4-7H2,1-3H3,(H2,10,12). The fourth-order valence-electron chi connectivity index (χ4n) is 1.08. The number of carbonyl (C=O) groups is 1. The van der Waals surface area contributed by atoms with Gasteiger partial charge in [0.05, 0.1) is 0 Å². The predicted molar refractivity (Wildman–Crippen MR) is 50.8 cm³/mol. The molecule has 3 nitrogen and oxygen atoms in total. The first-order valence-corrected chi connectivity index (χ1v) is 4.59. The molecular weight excluding hydrogens is 152 g/mol. The molecule has 0 saturated heterocycles. The number of nitrogens with two attached hydrogens (primary N) is 1. The summed E-state index contributed by atoms with van der Waals surface area (Å²) in [6, 6.07) is 0. The van der Waals surface area contributed by atoms with Crippen LogP contribution in [0.5, 0.6) is 0 Å². The Bertz CT molecular complexity index is 136. The summed E-state index contributed by atoms with van der Waals surface area (Å²) in [5, 5.41) is 0. The van der Waals surface area contributed by atoms with Crippen molar-refractivity contribution in [1.29, 1.82) is 0 Å². The van der Waals surface area contributed by atoms with E-state index >= 15 is 0 Å². The average Bonchev–Trinajstić information content (AvgIpc) is 2.04. The molecule has 72 valence electrons. The van der Waals surface area contributed by atoms with Crippen LogP contribution in [0.25, 0.3) is 0 Å². The van der Waals surface area contributed by atoms with Crippen LogP contribution in [0.2, 0.25) is 0 Å². The molecule has 1 unspecified atom stereocenters. The van der Waals surface area contributed by atoms with E-state index in [-0.39, 0.29) is 11.8 Å². The van der Waals surface area contributed by atoms with E-state index in [4.69, 9.17) is 5.73 Å². The average molecular weight is 172 g/mol. The minimum absolute atomic E-state index is 0.0546. The van der Waals surface area contributed by atoms with Gasteiger partial charge < -0.3 is 10.6 Å². The normalized spacial score (nSPS) is 13.3. The molecular formula is C9H20N2O. The largest absolute Gasteiger partial charge is 0.369 e. The number of nitrogens with zero attached hydrogens (tertiary/aromatic N) is 1. The topological polar surface area (TPSA) is 46.3 Å². The maximum absolute atomic E-state index is 10.8. The Labute approximate surface area is 74.9 Å². The second kappa shape index (κ2) is 6.00. The van der Waals surface area contributed by atoms with Crippen LogP contribution in [-0.2, 0) is 4.79 Å². The lowest BCUT2D eigenvalue weighted by Gasteiger charge is -2.16. The van der Waals surface area contributed by atoms with Gasteiger partial charge in [-0.2, -0.15) is 0 Å². The quantitative estimate of drug-likeness (QED) is 0.645. The molecule has 0 fully saturated rings. The van der Waals surface area contributed by atoms with E-state index in [0.717, 1.165) is 25.9 Å². The highest BCUT2D eigenvalue weighted by Crippen LogP contribution is 2.07. The molecule has 0 aromatic carbocycles. The summed E-state index contributed by atoms with van der Waals surface area (Å²) in [7, 11) is 2.05. The van der Waals surface area contributed by atoms with Crippen LogP contribution in [0.15, 0.2) is 0 Å². The van der Waals surface area contributed by atoms with Gasteiger partial charge in [0, 0.05) is 5.92 Å². The molecule has 0 aromatic rings. The molecule has 2 N–H and O–H groups in total. The Kier molecular flexibility index (Phi) is 5.72. The summed E-state index contributed by atoms with van der Waals surface area (Å²) in [6.07, 6.45) is 1.74. The van der Waals surface area contributed by atoms with E-state index in [1.165, 1.54) is 0 Å². The van der Waals surface area contributed by atoms with Gasteiger partial charge in [-0.1, -0.05) is 13.8 Å². The predicted octanol–water partition coefficient (Wildman–Crippen LogP) is 0.840. The molecule has 0 spiro atoms. The first kappa shape index (κ1) is 11.4. The number of amides is 1. The number of rotatable bonds is 6. The number of hydrogen-bond donors (Lipinski definition) is 1. The molecule has 3 heteroatoms. The number of hydrogen-bond acceptors (Lipinski definition) is 2. The first-order chi connectivity index (χ1) is 5.61. The van der Waals surface area contributed by atoms with Crippen LogP contribution in [0.4, 0.5) is 0 Å². The Morgan fingerprint density at radius 3 is 2.42 bits per heavy atom. The molecule has 1 atom stereocenters. The molecule has 12 heavy (non-hydrogen) atoms. The summed E-state index contributed by atoms with van der Waals surface area (Å²) in [6.45, 7) is 6.08. The second-order valence-electron chi connectivity index (χ2n) is 3.19. The van der Waals surface area contributed by atoms with Crippen molar-refractivity contribution >= 4 is 5.91 Å². The van der Waals surface area contributed by atoms with Crippen molar-refractivity contribution in [3.63, 3.8) is 0 Å². The Hall–Kier alpha value is -0.570. The van der Waals surface area contributed by atoms with E-state index in [1.807, 2.05) is 14.0 Å². The van der Waals surface area contributed by atoms with Gasteiger partial charge in [0.1, 0.15) is 0 Å². The first-order valence-electron chi connectivity index (χ1n) is 4.59. The molecule has 0 saturated carbocycles. The Morgan fingerprint density at radius 2 is 2.08 bits per heavy atom. The van der Waals surface area contributed by atoms with E-state index in [2.05, 4.69) is 11.8 Å². The lowest BCUT2D eigenvalue weighted by molar-refractivity contribution is -0.122. The van der Waals surface area contributed by atoms with Crippen LogP contribution in [-0.4, -0.2) is 30.9 Å². The van der Waals surface area contributed by atoms with E-state index < -0.39 is 0 Å². The third-order valence-electron chi connectivity index (χ3n) is 2.29. The Balaban J connectivity index is 3.65. The van der Waals surface area contributed by atoms with Crippen molar-refractivity contribution in [2.75, 3.05) is 20.1 Å². The molecule has 0 aliphatic rings. The third-order valence-corrected chi connectivity index (χ3v) is 2.29. The van der Waals surface area contributed by atoms with Crippen molar-refractivity contribution in [1.82, 2.24) is 4.90 Å². The van der Waals surface area contributed by atoms with Crippen LogP contribution in [0.1, 0.15) is 26.7 Å².